The molecule has 3 heterocycles. The first-order chi connectivity index (χ1) is 14.0. The van der Waals surface area contributed by atoms with E-state index in [4.69, 9.17) is 10.5 Å². The summed E-state index contributed by atoms with van der Waals surface area (Å²) in [6.07, 6.45) is 3.18. The minimum absolute atomic E-state index is 0.0118. The molecule has 9 heteroatoms. The van der Waals surface area contributed by atoms with Gasteiger partial charge in [-0.1, -0.05) is 12.1 Å². The van der Waals surface area contributed by atoms with Crippen LogP contribution in [-0.4, -0.2) is 45.9 Å². The standard InChI is InChI=1S/C20H25N7O2/c1-26-18-16(12-23-26)17(21)24-20(25-18)27-9-7-14(8-10-27)19(28)22-11-13-3-5-15(29-2)6-4-13/h3-6,12,14H,7-11H2,1-2H3,(H,22,28)(H2,21,24,25). The number of nitrogens with one attached hydrogen (secondary N) is 1. The molecule has 1 aromatic carbocycles. The molecule has 0 aliphatic carbocycles. The van der Waals surface area contributed by atoms with Crippen molar-refractivity contribution in [3.8, 4) is 5.75 Å². The number of piperidine rings is 1. The van der Waals surface area contributed by atoms with E-state index in [9.17, 15) is 4.79 Å². The van der Waals surface area contributed by atoms with Gasteiger partial charge in [0, 0.05) is 32.6 Å². The first-order valence-electron chi connectivity index (χ1n) is 9.66. The zero-order valence-electron chi connectivity index (χ0n) is 16.6. The van der Waals surface area contributed by atoms with Crippen LogP contribution in [0, 0.1) is 5.92 Å². The highest BCUT2D eigenvalue weighted by atomic mass is 16.5. The summed E-state index contributed by atoms with van der Waals surface area (Å²) in [5, 5.41) is 7.98. The summed E-state index contributed by atoms with van der Waals surface area (Å²) in [6.45, 7) is 1.94. The summed E-state index contributed by atoms with van der Waals surface area (Å²) < 4.78 is 6.85. The average molecular weight is 395 g/mol. The Morgan fingerprint density at radius 3 is 2.66 bits per heavy atom. The number of fused-ring (bicyclic) bond motifs is 1. The van der Waals surface area contributed by atoms with E-state index in [1.165, 1.54) is 0 Å². The predicted octanol–water partition coefficient (Wildman–Crippen LogP) is 1.49. The molecule has 1 saturated heterocycles. The lowest BCUT2D eigenvalue weighted by Gasteiger charge is -2.31. The van der Waals surface area contributed by atoms with Gasteiger partial charge >= 0.3 is 0 Å². The first-order valence-corrected chi connectivity index (χ1v) is 9.66. The maximum atomic E-state index is 12.6. The number of carbonyl (C=O) groups excluding carboxylic acids is 1. The summed E-state index contributed by atoms with van der Waals surface area (Å²) in [6, 6.07) is 7.70. The van der Waals surface area contributed by atoms with Crippen molar-refractivity contribution < 1.29 is 9.53 Å². The number of hydrogen-bond donors (Lipinski definition) is 2. The van der Waals surface area contributed by atoms with Crippen molar-refractivity contribution in [2.75, 3.05) is 30.8 Å². The largest absolute Gasteiger partial charge is 0.497 e. The molecular weight excluding hydrogens is 370 g/mol. The third-order valence-corrected chi connectivity index (χ3v) is 5.38. The molecule has 3 aromatic rings. The molecule has 0 spiro atoms. The van der Waals surface area contributed by atoms with Crippen LogP contribution in [0.25, 0.3) is 11.0 Å². The summed E-state index contributed by atoms with van der Waals surface area (Å²) in [5.74, 6) is 1.90. The van der Waals surface area contributed by atoms with Crippen molar-refractivity contribution >= 4 is 28.7 Å². The third-order valence-electron chi connectivity index (χ3n) is 5.38. The Morgan fingerprint density at radius 1 is 1.24 bits per heavy atom. The third kappa shape index (κ3) is 3.94. The second kappa shape index (κ2) is 7.94. The van der Waals surface area contributed by atoms with Gasteiger partial charge in [-0.15, -0.1) is 0 Å². The molecule has 29 heavy (non-hydrogen) atoms. The Hall–Kier alpha value is -3.36. The lowest BCUT2D eigenvalue weighted by molar-refractivity contribution is -0.125. The summed E-state index contributed by atoms with van der Waals surface area (Å²) in [4.78, 5) is 23.7. The molecule has 1 aliphatic heterocycles. The number of hydrogen-bond acceptors (Lipinski definition) is 7. The number of amides is 1. The van der Waals surface area contributed by atoms with Crippen LogP contribution in [0.4, 0.5) is 11.8 Å². The van der Waals surface area contributed by atoms with Crippen LogP contribution >= 0.6 is 0 Å². The van der Waals surface area contributed by atoms with Gasteiger partial charge in [-0.25, -0.2) is 0 Å². The van der Waals surface area contributed by atoms with Crippen molar-refractivity contribution in [3.63, 3.8) is 0 Å². The van der Waals surface area contributed by atoms with Crippen molar-refractivity contribution in [2.45, 2.75) is 19.4 Å². The minimum Gasteiger partial charge on any atom is -0.497 e. The highest BCUT2D eigenvalue weighted by Crippen LogP contribution is 2.25. The fourth-order valence-corrected chi connectivity index (χ4v) is 3.59. The van der Waals surface area contributed by atoms with Crippen LogP contribution in [0.3, 0.4) is 0 Å². The monoisotopic (exact) mass is 395 g/mol. The molecule has 152 valence electrons. The molecule has 1 fully saturated rings. The number of nitrogens with two attached hydrogens (primary N) is 1. The molecule has 0 unspecified atom stereocenters. The summed E-state index contributed by atoms with van der Waals surface area (Å²) in [7, 11) is 3.47. The van der Waals surface area contributed by atoms with E-state index < -0.39 is 0 Å². The van der Waals surface area contributed by atoms with Gasteiger partial charge in [-0.2, -0.15) is 15.1 Å². The first kappa shape index (κ1) is 19.0. The zero-order valence-corrected chi connectivity index (χ0v) is 16.6. The molecule has 3 N–H and O–H groups in total. The Labute approximate surface area is 168 Å². The fraction of sp³-hybridized carbons (Fsp3) is 0.400. The highest BCUT2D eigenvalue weighted by molar-refractivity contribution is 5.86. The van der Waals surface area contributed by atoms with Crippen molar-refractivity contribution in [1.29, 1.82) is 0 Å². The Morgan fingerprint density at radius 2 is 1.97 bits per heavy atom. The number of methoxy groups -OCH3 is 1. The molecule has 0 atom stereocenters. The van der Waals surface area contributed by atoms with Crippen LogP contribution in [0.1, 0.15) is 18.4 Å². The van der Waals surface area contributed by atoms with E-state index in [2.05, 4.69) is 25.3 Å². The van der Waals surface area contributed by atoms with E-state index >= 15 is 0 Å². The normalized spacial score (nSPS) is 14.9. The van der Waals surface area contributed by atoms with Gasteiger partial charge in [0.1, 0.15) is 11.6 Å². The van der Waals surface area contributed by atoms with Crippen LogP contribution in [-0.2, 0) is 18.4 Å². The molecular formula is C20H25N7O2. The maximum absolute atomic E-state index is 12.6. The molecule has 0 radical (unpaired) electrons. The molecule has 9 nitrogen and oxygen atoms in total. The van der Waals surface area contributed by atoms with Gasteiger partial charge in [-0.3, -0.25) is 9.48 Å². The zero-order chi connectivity index (χ0) is 20.4. The van der Waals surface area contributed by atoms with Crippen molar-refractivity contribution in [2.24, 2.45) is 13.0 Å². The Kier molecular flexibility index (Phi) is 5.20. The van der Waals surface area contributed by atoms with Gasteiger partial charge in [0.05, 0.1) is 18.7 Å². The van der Waals surface area contributed by atoms with E-state index in [1.807, 2.05) is 31.3 Å². The number of ether oxygens (including phenoxy) is 1. The number of nitrogens with zero attached hydrogens (tertiary/aromatic N) is 5. The molecule has 1 aliphatic rings. The highest BCUT2D eigenvalue weighted by Gasteiger charge is 2.26. The molecule has 4 rings (SSSR count). The number of benzene rings is 1. The number of aromatic nitrogens is 4. The SMILES string of the molecule is COc1ccc(CNC(=O)C2CCN(c3nc(N)c4cnn(C)c4n3)CC2)cc1. The lowest BCUT2D eigenvalue weighted by Crippen LogP contribution is -2.41. The van der Waals surface area contributed by atoms with Gasteiger partial charge < -0.3 is 20.7 Å². The van der Waals surface area contributed by atoms with Crippen LogP contribution < -0.4 is 20.7 Å². The van der Waals surface area contributed by atoms with E-state index in [0.29, 0.717) is 37.0 Å². The number of anilines is 2. The van der Waals surface area contributed by atoms with E-state index in [-0.39, 0.29) is 11.8 Å². The van der Waals surface area contributed by atoms with E-state index in [1.54, 1.807) is 18.0 Å². The van der Waals surface area contributed by atoms with Gasteiger partial charge in [0.25, 0.3) is 0 Å². The molecule has 0 bridgehead atoms. The van der Waals surface area contributed by atoms with Crippen LogP contribution in [0.5, 0.6) is 5.75 Å². The smallest absolute Gasteiger partial charge is 0.229 e. The van der Waals surface area contributed by atoms with Crippen LogP contribution in [0.2, 0.25) is 0 Å². The summed E-state index contributed by atoms with van der Waals surface area (Å²) >= 11 is 0. The number of aryl methyl sites for hydroxylation is 1. The quantitative estimate of drug-likeness (QED) is 0.673. The van der Waals surface area contributed by atoms with Crippen LogP contribution in [0.15, 0.2) is 30.5 Å². The van der Waals surface area contributed by atoms with E-state index in [0.717, 1.165) is 29.5 Å². The topological polar surface area (TPSA) is 111 Å². The fourth-order valence-electron chi connectivity index (χ4n) is 3.59. The lowest BCUT2D eigenvalue weighted by atomic mass is 9.96. The van der Waals surface area contributed by atoms with Crippen molar-refractivity contribution in [1.82, 2.24) is 25.1 Å². The van der Waals surface area contributed by atoms with Gasteiger partial charge in [0.15, 0.2) is 5.65 Å². The number of nitrogen functional groups attached to an aromatic ring is 1. The minimum atomic E-state index is -0.0118. The second-order valence-electron chi connectivity index (χ2n) is 7.24. The average Bonchev–Trinajstić information content (AvgIpc) is 3.14. The second-order valence-corrected chi connectivity index (χ2v) is 7.24. The maximum Gasteiger partial charge on any atom is 0.229 e. The predicted molar refractivity (Wildman–Crippen MR) is 110 cm³/mol. The molecule has 1 amide bonds. The molecule has 2 aromatic heterocycles. The molecule has 0 saturated carbocycles. The number of rotatable bonds is 5. The summed E-state index contributed by atoms with van der Waals surface area (Å²) in [5.41, 5.74) is 7.82. The van der Waals surface area contributed by atoms with Crippen molar-refractivity contribution in [3.05, 3.63) is 36.0 Å². The number of carbonyl (C=O) groups is 1. The Balaban J connectivity index is 1.34. The van der Waals surface area contributed by atoms with Gasteiger partial charge in [-0.05, 0) is 30.5 Å². The van der Waals surface area contributed by atoms with Gasteiger partial charge in [0.2, 0.25) is 11.9 Å². The Bertz CT molecular complexity index is 1010.